The van der Waals surface area contributed by atoms with Gasteiger partial charge in [0.05, 0.1) is 40.1 Å². The zero-order valence-electron chi connectivity index (χ0n) is 19.7. The first-order chi connectivity index (χ1) is 16.2. The zero-order valence-corrected chi connectivity index (χ0v) is 21.3. The number of thiocarbonyl (C=S) groups is 1. The van der Waals surface area contributed by atoms with E-state index in [9.17, 15) is 14.4 Å². The van der Waals surface area contributed by atoms with Gasteiger partial charge in [-0.2, -0.15) is 0 Å². The van der Waals surface area contributed by atoms with Crippen molar-refractivity contribution in [1.82, 2.24) is 5.32 Å². The maximum Gasteiger partial charge on any atom is 0.348 e. The van der Waals surface area contributed by atoms with Crippen LogP contribution < -0.4 is 24.8 Å². The highest BCUT2D eigenvalue weighted by Gasteiger charge is 2.27. The lowest BCUT2D eigenvalue weighted by Crippen LogP contribution is -2.34. The summed E-state index contributed by atoms with van der Waals surface area (Å²) < 4.78 is 26.0. The van der Waals surface area contributed by atoms with E-state index in [1.807, 2.05) is 0 Å². The van der Waals surface area contributed by atoms with Gasteiger partial charge >= 0.3 is 11.9 Å². The molecule has 1 amide bonds. The van der Waals surface area contributed by atoms with Crippen LogP contribution in [0.25, 0.3) is 0 Å². The Balaban J connectivity index is 2.32. The highest BCUT2D eigenvalue weighted by Crippen LogP contribution is 2.38. The van der Waals surface area contributed by atoms with Gasteiger partial charge in [-0.15, -0.1) is 11.3 Å². The van der Waals surface area contributed by atoms with Crippen LogP contribution >= 0.6 is 23.6 Å². The third kappa shape index (κ3) is 5.94. The quantitative estimate of drug-likeness (QED) is 0.382. The van der Waals surface area contributed by atoms with Crippen molar-refractivity contribution in [2.75, 3.05) is 39.9 Å². The van der Waals surface area contributed by atoms with Gasteiger partial charge in [-0.05, 0) is 50.7 Å². The van der Waals surface area contributed by atoms with E-state index < -0.39 is 17.8 Å². The number of hydrogen-bond donors (Lipinski definition) is 2. The molecule has 0 saturated heterocycles. The smallest absolute Gasteiger partial charge is 0.348 e. The molecule has 12 heteroatoms. The SMILES string of the molecule is CCOC(=O)c1sc(NC(=S)NC(=O)c2cc(OC)c(OC)c(OC)c2)c(C(=O)OCC)c1C. The van der Waals surface area contributed by atoms with Crippen molar-refractivity contribution in [2.45, 2.75) is 20.8 Å². The summed E-state index contributed by atoms with van der Waals surface area (Å²) in [6, 6.07) is 2.94. The van der Waals surface area contributed by atoms with Crippen LogP contribution in [0.2, 0.25) is 0 Å². The number of esters is 2. The summed E-state index contributed by atoms with van der Waals surface area (Å²) in [6.07, 6.45) is 0. The van der Waals surface area contributed by atoms with Crippen molar-refractivity contribution >= 4 is 51.5 Å². The molecule has 0 unspecified atom stereocenters. The lowest BCUT2D eigenvalue weighted by atomic mass is 10.1. The van der Waals surface area contributed by atoms with Gasteiger partial charge in [-0.3, -0.25) is 10.1 Å². The van der Waals surface area contributed by atoms with Crippen molar-refractivity contribution in [1.29, 1.82) is 0 Å². The number of benzene rings is 1. The molecule has 0 aliphatic heterocycles. The molecule has 0 spiro atoms. The monoisotopic (exact) mass is 510 g/mol. The summed E-state index contributed by atoms with van der Waals surface area (Å²) in [5.74, 6) is -0.842. The molecule has 0 atom stereocenters. The van der Waals surface area contributed by atoms with Crippen LogP contribution in [-0.2, 0) is 9.47 Å². The van der Waals surface area contributed by atoms with E-state index in [1.54, 1.807) is 20.8 Å². The number of hydrogen-bond acceptors (Lipinski definition) is 10. The Kier molecular flexibility index (Phi) is 9.63. The number of ether oxygens (including phenoxy) is 5. The molecular weight excluding hydrogens is 484 g/mol. The van der Waals surface area contributed by atoms with Crippen molar-refractivity contribution < 1.29 is 38.1 Å². The average Bonchev–Trinajstić information content (AvgIpc) is 3.13. The standard InChI is InChI=1S/C22H26N2O8S2/c1-7-31-20(26)15-11(3)17(21(27)32-8-2)34-19(15)24-22(33)23-18(25)12-9-13(28-4)16(30-6)14(10-12)29-5/h9-10H,7-8H2,1-6H3,(H2,23,24,25,33). The van der Waals surface area contributed by atoms with Crippen molar-refractivity contribution in [3.8, 4) is 17.2 Å². The minimum absolute atomic E-state index is 0.0963. The molecule has 2 rings (SSSR count). The molecule has 2 aromatic rings. The molecule has 184 valence electrons. The predicted octanol–water partition coefficient (Wildman–Crippen LogP) is 3.56. The second-order valence-corrected chi connectivity index (χ2v) is 7.95. The molecule has 1 aromatic heterocycles. The number of methoxy groups -OCH3 is 3. The fourth-order valence-electron chi connectivity index (χ4n) is 2.96. The van der Waals surface area contributed by atoms with Gasteiger partial charge in [0, 0.05) is 5.56 Å². The van der Waals surface area contributed by atoms with Gasteiger partial charge in [0.15, 0.2) is 16.6 Å². The lowest BCUT2D eigenvalue weighted by Gasteiger charge is -2.14. The van der Waals surface area contributed by atoms with Gasteiger partial charge in [0.25, 0.3) is 5.91 Å². The molecule has 10 nitrogen and oxygen atoms in total. The van der Waals surface area contributed by atoms with Crippen LogP contribution in [-0.4, -0.2) is 57.5 Å². The molecule has 34 heavy (non-hydrogen) atoms. The first-order valence-electron chi connectivity index (χ1n) is 10.1. The summed E-state index contributed by atoms with van der Waals surface area (Å²) in [5.41, 5.74) is 0.723. The third-order valence-electron chi connectivity index (χ3n) is 4.47. The molecule has 2 N–H and O–H groups in total. The van der Waals surface area contributed by atoms with Crippen LogP contribution in [0.15, 0.2) is 12.1 Å². The van der Waals surface area contributed by atoms with Crippen molar-refractivity contribution in [3.63, 3.8) is 0 Å². The summed E-state index contributed by atoms with van der Waals surface area (Å²) in [4.78, 5) is 37.9. The molecule has 0 saturated carbocycles. The van der Waals surface area contributed by atoms with Crippen LogP contribution in [0.1, 0.15) is 49.8 Å². The van der Waals surface area contributed by atoms with Crippen LogP contribution in [0.3, 0.4) is 0 Å². The van der Waals surface area contributed by atoms with E-state index in [4.69, 9.17) is 35.9 Å². The number of anilines is 1. The lowest BCUT2D eigenvalue weighted by molar-refractivity contribution is 0.0527. The predicted molar refractivity (Wildman–Crippen MR) is 131 cm³/mol. The van der Waals surface area contributed by atoms with Gasteiger partial charge in [-0.1, -0.05) is 0 Å². The van der Waals surface area contributed by atoms with Crippen LogP contribution in [0.5, 0.6) is 17.2 Å². The topological polar surface area (TPSA) is 121 Å². The summed E-state index contributed by atoms with van der Waals surface area (Å²) in [5, 5.41) is 5.49. The number of nitrogens with one attached hydrogen (secondary N) is 2. The Labute approximate surface area is 206 Å². The second kappa shape index (κ2) is 12.2. The zero-order chi connectivity index (χ0) is 25.4. The van der Waals surface area contributed by atoms with E-state index in [1.165, 1.54) is 33.5 Å². The minimum atomic E-state index is -0.631. The number of carbonyl (C=O) groups is 3. The Morgan fingerprint density at radius 1 is 0.941 bits per heavy atom. The van der Waals surface area contributed by atoms with Gasteiger partial charge in [-0.25, -0.2) is 9.59 Å². The molecule has 0 fully saturated rings. The van der Waals surface area contributed by atoms with Crippen LogP contribution in [0, 0.1) is 6.92 Å². The highest BCUT2D eigenvalue weighted by atomic mass is 32.1. The number of rotatable bonds is 9. The maximum absolute atomic E-state index is 12.8. The number of amides is 1. The fraction of sp³-hybridized carbons (Fsp3) is 0.364. The summed E-state index contributed by atoms with van der Waals surface area (Å²) in [6.45, 7) is 5.28. The normalized spacial score (nSPS) is 10.2. The molecule has 0 radical (unpaired) electrons. The maximum atomic E-state index is 12.8. The Morgan fingerprint density at radius 3 is 2.00 bits per heavy atom. The number of thiophene rings is 1. The second-order valence-electron chi connectivity index (χ2n) is 6.52. The molecule has 1 heterocycles. The van der Waals surface area contributed by atoms with E-state index in [0.717, 1.165) is 11.3 Å². The first kappa shape index (κ1) is 26.9. The largest absolute Gasteiger partial charge is 0.493 e. The summed E-state index contributed by atoms with van der Waals surface area (Å²) >= 11 is 6.25. The molecular formula is C22H26N2O8S2. The third-order valence-corrected chi connectivity index (χ3v) is 5.86. The Bertz CT molecular complexity index is 1070. The first-order valence-corrected chi connectivity index (χ1v) is 11.3. The number of carbonyl (C=O) groups excluding carboxylic acids is 3. The van der Waals surface area contributed by atoms with Crippen molar-refractivity contribution in [3.05, 3.63) is 33.7 Å². The van der Waals surface area contributed by atoms with E-state index in [-0.39, 0.29) is 39.3 Å². The van der Waals surface area contributed by atoms with E-state index in [0.29, 0.717) is 22.8 Å². The van der Waals surface area contributed by atoms with E-state index in [2.05, 4.69) is 10.6 Å². The van der Waals surface area contributed by atoms with Crippen LogP contribution in [0.4, 0.5) is 5.00 Å². The molecule has 0 aliphatic rings. The Hall–Kier alpha value is -3.38. The van der Waals surface area contributed by atoms with Crippen molar-refractivity contribution in [2.24, 2.45) is 0 Å². The fourth-order valence-corrected chi connectivity index (χ4v) is 4.32. The van der Waals surface area contributed by atoms with Gasteiger partial charge in [0.2, 0.25) is 5.75 Å². The average molecular weight is 511 g/mol. The Morgan fingerprint density at radius 2 is 1.50 bits per heavy atom. The molecule has 1 aromatic carbocycles. The minimum Gasteiger partial charge on any atom is -0.493 e. The van der Waals surface area contributed by atoms with Gasteiger partial charge < -0.3 is 29.0 Å². The van der Waals surface area contributed by atoms with Gasteiger partial charge in [0.1, 0.15) is 9.88 Å². The van der Waals surface area contributed by atoms with E-state index >= 15 is 0 Å². The molecule has 0 aliphatic carbocycles. The highest BCUT2D eigenvalue weighted by molar-refractivity contribution is 7.80. The molecule has 0 bridgehead atoms. The summed E-state index contributed by atoms with van der Waals surface area (Å²) in [7, 11) is 4.32.